The number of amides is 2. The summed E-state index contributed by atoms with van der Waals surface area (Å²) >= 11 is 0. The minimum absolute atomic E-state index is 0.00648. The normalized spacial score (nSPS) is 17.9. The molecular weight excluding hydrogens is 458 g/mol. The molecular formula is C27H37N5O4. The average Bonchev–Trinajstić information content (AvgIpc) is 2.91. The fourth-order valence-corrected chi connectivity index (χ4v) is 4.57. The number of carbonyl (C=O) groups excluding carboxylic acids is 2. The van der Waals surface area contributed by atoms with Gasteiger partial charge < -0.3 is 24.6 Å². The molecule has 0 bridgehead atoms. The second-order valence-electron chi connectivity index (χ2n) is 9.23. The van der Waals surface area contributed by atoms with Gasteiger partial charge in [-0.1, -0.05) is 25.0 Å². The van der Waals surface area contributed by atoms with Crippen molar-refractivity contribution >= 4 is 23.3 Å². The third-order valence-corrected chi connectivity index (χ3v) is 6.71. The van der Waals surface area contributed by atoms with Crippen molar-refractivity contribution in [2.45, 2.75) is 25.7 Å². The summed E-state index contributed by atoms with van der Waals surface area (Å²) in [5, 5.41) is 3.29. The molecule has 1 saturated heterocycles. The highest BCUT2D eigenvalue weighted by Crippen LogP contribution is 2.29. The van der Waals surface area contributed by atoms with E-state index < -0.39 is 0 Å². The molecule has 36 heavy (non-hydrogen) atoms. The van der Waals surface area contributed by atoms with Crippen LogP contribution in [-0.2, 0) is 9.53 Å². The Labute approximate surface area is 213 Å². The van der Waals surface area contributed by atoms with Crippen LogP contribution in [0.15, 0.2) is 42.6 Å². The standard InChI is InChI=1S/C27H37N5O4/c1-35-20-18-30-14-16-31(17-15-30)25(33)21-32-13-6-2-3-7-19-36-24-11-5-4-10-23(24)29-26-22(27(32)34)9-8-12-28-26/h4-5,8-12H,2-3,6-7,13-21H2,1H3,(H,28,29). The molecule has 4 rings (SSSR count). The molecule has 2 aromatic rings. The Morgan fingerprint density at radius 2 is 1.83 bits per heavy atom. The largest absolute Gasteiger partial charge is 0.491 e. The molecule has 0 saturated carbocycles. The van der Waals surface area contributed by atoms with Crippen molar-refractivity contribution in [3.05, 3.63) is 48.2 Å². The van der Waals surface area contributed by atoms with Crippen molar-refractivity contribution in [3.8, 4) is 5.75 Å². The number of nitrogens with zero attached hydrogens (tertiary/aromatic N) is 4. The highest BCUT2D eigenvalue weighted by molar-refractivity contribution is 6.01. The maximum absolute atomic E-state index is 13.7. The number of aromatic nitrogens is 1. The minimum Gasteiger partial charge on any atom is -0.491 e. The van der Waals surface area contributed by atoms with E-state index in [0.717, 1.165) is 56.8 Å². The first-order valence-corrected chi connectivity index (χ1v) is 12.9. The summed E-state index contributed by atoms with van der Waals surface area (Å²) in [7, 11) is 1.70. The van der Waals surface area contributed by atoms with Crippen LogP contribution in [0.1, 0.15) is 36.0 Å². The number of piperazine rings is 1. The van der Waals surface area contributed by atoms with Crippen molar-refractivity contribution in [2.24, 2.45) is 0 Å². The third-order valence-electron chi connectivity index (χ3n) is 6.71. The highest BCUT2D eigenvalue weighted by Gasteiger charge is 2.26. The fraction of sp³-hybridized carbons (Fsp3) is 0.519. The number of anilines is 2. The lowest BCUT2D eigenvalue weighted by Gasteiger charge is -2.35. The zero-order valence-corrected chi connectivity index (χ0v) is 21.2. The number of hydrogen-bond donors (Lipinski definition) is 1. The smallest absolute Gasteiger partial charge is 0.258 e. The van der Waals surface area contributed by atoms with Crippen molar-refractivity contribution in [1.82, 2.24) is 19.7 Å². The Balaban J connectivity index is 1.50. The number of methoxy groups -OCH3 is 1. The average molecular weight is 496 g/mol. The quantitative estimate of drug-likeness (QED) is 0.682. The van der Waals surface area contributed by atoms with E-state index in [1.54, 1.807) is 30.3 Å². The van der Waals surface area contributed by atoms with Gasteiger partial charge in [0.05, 0.1) is 24.5 Å². The molecule has 0 aliphatic carbocycles. The molecule has 0 unspecified atom stereocenters. The van der Waals surface area contributed by atoms with E-state index in [4.69, 9.17) is 9.47 Å². The van der Waals surface area contributed by atoms with Gasteiger partial charge in [-0.25, -0.2) is 4.98 Å². The monoisotopic (exact) mass is 495 g/mol. The predicted molar refractivity (Wildman–Crippen MR) is 139 cm³/mol. The van der Waals surface area contributed by atoms with Crippen LogP contribution in [0.25, 0.3) is 0 Å². The maximum atomic E-state index is 13.7. The number of pyridine rings is 1. The van der Waals surface area contributed by atoms with Gasteiger partial charge in [0.25, 0.3) is 5.91 Å². The molecule has 1 aromatic carbocycles. The van der Waals surface area contributed by atoms with E-state index in [1.165, 1.54) is 0 Å². The van der Waals surface area contributed by atoms with Gasteiger partial charge in [0, 0.05) is 52.6 Å². The first-order chi connectivity index (χ1) is 17.7. The number of nitrogens with one attached hydrogen (secondary N) is 1. The Morgan fingerprint density at radius 3 is 2.67 bits per heavy atom. The van der Waals surface area contributed by atoms with E-state index in [0.29, 0.717) is 44.2 Å². The van der Waals surface area contributed by atoms with Gasteiger partial charge in [-0.15, -0.1) is 0 Å². The summed E-state index contributed by atoms with van der Waals surface area (Å²) in [6.45, 7) is 5.77. The number of carbonyl (C=O) groups is 2. The molecule has 0 radical (unpaired) electrons. The molecule has 194 valence electrons. The van der Waals surface area contributed by atoms with Gasteiger partial charge in [-0.2, -0.15) is 0 Å². The maximum Gasteiger partial charge on any atom is 0.258 e. The second kappa shape index (κ2) is 13.2. The van der Waals surface area contributed by atoms with Crippen LogP contribution >= 0.6 is 0 Å². The summed E-state index contributed by atoms with van der Waals surface area (Å²) in [4.78, 5) is 37.3. The lowest BCUT2D eigenvalue weighted by atomic mass is 10.1. The predicted octanol–water partition coefficient (Wildman–Crippen LogP) is 3.01. The van der Waals surface area contributed by atoms with Gasteiger partial charge in [-0.05, 0) is 37.1 Å². The third kappa shape index (κ3) is 6.95. The summed E-state index contributed by atoms with van der Waals surface area (Å²) in [6.07, 6.45) is 5.41. The Morgan fingerprint density at radius 1 is 1.03 bits per heavy atom. The van der Waals surface area contributed by atoms with Crippen LogP contribution < -0.4 is 10.1 Å². The van der Waals surface area contributed by atoms with Crippen molar-refractivity contribution in [1.29, 1.82) is 0 Å². The first kappa shape index (κ1) is 25.9. The van der Waals surface area contributed by atoms with E-state index in [2.05, 4.69) is 15.2 Å². The number of fused-ring (bicyclic) bond motifs is 2. The summed E-state index contributed by atoms with van der Waals surface area (Å²) in [5.41, 5.74) is 1.21. The molecule has 2 aliphatic rings. The minimum atomic E-state index is -0.187. The van der Waals surface area contributed by atoms with Gasteiger partial charge in [0.1, 0.15) is 18.1 Å². The number of ether oxygens (including phenoxy) is 2. The fourth-order valence-electron chi connectivity index (χ4n) is 4.57. The van der Waals surface area contributed by atoms with Crippen LogP contribution in [0.3, 0.4) is 0 Å². The molecule has 3 heterocycles. The van der Waals surface area contributed by atoms with E-state index in [1.807, 2.05) is 29.2 Å². The lowest BCUT2D eigenvalue weighted by Crippen LogP contribution is -2.52. The van der Waals surface area contributed by atoms with E-state index in [-0.39, 0.29) is 18.4 Å². The Hall–Kier alpha value is -3.17. The molecule has 2 amide bonds. The van der Waals surface area contributed by atoms with Crippen LogP contribution in [0.4, 0.5) is 11.5 Å². The van der Waals surface area contributed by atoms with Crippen LogP contribution in [0.2, 0.25) is 0 Å². The molecule has 2 aliphatic heterocycles. The van der Waals surface area contributed by atoms with Crippen LogP contribution in [0, 0.1) is 0 Å². The number of hydrogen-bond acceptors (Lipinski definition) is 7. The first-order valence-electron chi connectivity index (χ1n) is 12.9. The Bertz CT molecular complexity index is 1010. The summed E-state index contributed by atoms with van der Waals surface area (Å²) < 4.78 is 11.2. The molecule has 1 fully saturated rings. The summed E-state index contributed by atoms with van der Waals surface area (Å²) in [6, 6.07) is 11.2. The molecule has 1 N–H and O–H groups in total. The molecule has 9 heteroatoms. The molecule has 9 nitrogen and oxygen atoms in total. The van der Waals surface area contributed by atoms with E-state index in [9.17, 15) is 9.59 Å². The van der Waals surface area contributed by atoms with Gasteiger partial charge in [0.15, 0.2) is 0 Å². The van der Waals surface area contributed by atoms with Crippen LogP contribution in [0.5, 0.6) is 5.75 Å². The second-order valence-corrected chi connectivity index (χ2v) is 9.23. The topological polar surface area (TPSA) is 87.2 Å². The van der Waals surface area contributed by atoms with Gasteiger partial charge >= 0.3 is 0 Å². The van der Waals surface area contributed by atoms with Gasteiger partial charge in [-0.3, -0.25) is 14.5 Å². The molecule has 1 aromatic heterocycles. The molecule has 0 spiro atoms. The van der Waals surface area contributed by atoms with Gasteiger partial charge in [0.2, 0.25) is 5.91 Å². The SMILES string of the molecule is COCCN1CCN(C(=O)CN2CCCCCCOc3ccccc3Nc3ncccc3C2=O)CC1. The van der Waals surface area contributed by atoms with E-state index >= 15 is 0 Å². The van der Waals surface area contributed by atoms with Crippen molar-refractivity contribution in [3.63, 3.8) is 0 Å². The number of rotatable bonds is 5. The highest BCUT2D eigenvalue weighted by atomic mass is 16.5. The van der Waals surface area contributed by atoms with Crippen molar-refractivity contribution in [2.75, 3.05) is 71.5 Å². The lowest BCUT2D eigenvalue weighted by molar-refractivity contribution is -0.133. The van der Waals surface area contributed by atoms with Crippen LogP contribution in [-0.4, -0.2) is 97.6 Å². The number of benzene rings is 1. The number of para-hydroxylation sites is 2. The summed E-state index contributed by atoms with van der Waals surface area (Å²) in [5.74, 6) is 0.997. The zero-order valence-electron chi connectivity index (χ0n) is 21.2. The molecule has 0 atom stereocenters. The zero-order chi connectivity index (χ0) is 25.2. The Kier molecular flexibility index (Phi) is 9.52. The van der Waals surface area contributed by atoms with Crippen molar-refractivity contribution < 1.29 is 19.1 Å².